The van der Waals surface area contributed by atoms with E-state index < -0.39 is 16.1 Å². The predicted octanol–water partition coefficient (Wildman–Crippen LogP) is 1.58. The van der Waals surface area contributed by atoms with Crippen LogP contribution in [0.5, 0.6) is 0 Å². The normalized spacial score (nSPS) is 21.9. The molecule has 2 saturated heterocycles. The van der Waals surface area contributed by atoms with E-state index in [1.54, 1.807) is 46.2 Å². The minimum atomic E-state index is -3.73. The molecule has 5 rings (SSSR count). The molecule has 3 heterocycles. The van der Waals surface area contributed by atoms with Gasteiger partial charge in [0.15, 0.2) is 5.84 Å². The monoisotopic (exact) mass is 452 g/mol. The molecule has 0 spiro atoms. The lowest BCUT2D eigenvalue weighted by atomic mass is 10.1. The van der Waals surface area contributed by atoms with E-state index in [-0.39, 0.29) is 16.7 Å². The fourth-order valence-electron chi connectivity index (χ4n) is 4.68. The van der Waals surface area contributed by atoms with Crippen LogP contribution in [0.15, 0.2) is 63.9 Å². The van der Waals surface area contributed by atoms with Gasteiger partial charge in [-0.15, -0.1) is 4.40 Å². The Labute approximate surface area is 187 Å². The molecule has 2 fully saturated rings. The van der Waals surface area contributed by atoms with E-state index in [2.05, 4.69) is 4.40 Å². The minimum Gasteiger partial charge on any atom is -0.343 e. The molecule has 0 bridgehead atoms. The summed E-state index contributed by atoms with van der Waals surface area (Å²) in [5, 5.41) is 0. The fraction of sp³-hybridized carbons (Fsp3) is 0.348. The van der Waals surface area contributed by atoms with Crippen LogP contribution in [-0.2, 0) is 14.8 Å². The highest BCUT2D eigenvalue weighted by Crippen LogP contribution is 2.31. The van der Waals surface area contributed by atoms with Gasteiger partial charge in [-0.2, -0.15) is 8.42 Å². The largest absolute Gasteiger partial charge is 0.343 e. The summed E-state index contributed by atoms with van der Waals surface area (Å²) in [7, 11) is -3.73. The third kappa shape index (κ3) is 3.56. The van der Waals surface area contributed by atoms with E-state index in [1.807, 2.05) is 23.1 Å². The molecule has 1 atom stereocenters. The molecule has 3 aliphatic heterocycles. The summed E-state index contributed by atoms with van der Waals surface area (Å²) in [5.41, 5.74) is 1.21. The average molecular weight is 453 g/mol. The number of fused-ring (bicyclic) bond motifs is 1. The number of rotatable bonds is 2. The van der Waals surface area contributed by atoms with E-state index in [1.165, 1.54) is 0 Å². The lowest BCUT2D eigenvalue weighted by Crippen LogP contribution is -2.55. The molecule has 8 nitrogen and oxygen atoms in total. The van der Waals surface area contributed by atoms with Gasteiger partial charge in [0.2, 0.25) is 5.91 Å². The van der Waals surface area contributed by atoms with Crippen molar-refractivity contribution >= 4 is 27.7 Å². The highest BCUT2D eigenvalue weighted by Gasteiger charge is 2.41. The van der Waals surface area contributed by atoms with Gasteiger partial charge in [0.1, 0.15) is 10.9 Å². The van der Waals surface area contributed by atoms with Gasteiger partial charge in [-0.1, -0.05) is 30.3 Å². The SMILES string of the molecule is O=C(c1ccccc1)N1CCN(C(=O)[C@@H]2CCCN2C2=NS(=O)(=O)c3ccccc32)CC1. The number of piperazine rings is 1. The second-order valence-corrected chi connectivity index (χ2v) is 9.79. The highest BCUT2D eigenvalue weighted by atomic mass is 32.2. The number of nitrogens with zero attached hydrogens (tertiary/aromatic N) is 4. The zero-order valence-electron chi connectivity index (χ0n) is 17.6. The summed E-state index contributed by atoms with van der Waals surface area (Å²) >= 11 is 0. The molecule has 2 aromatic carbocycles. The molecule has 2 amide bonds. The summed E-state index contributed by atoms with van der Waals surface area (Å²) in [4.78, 5) is 31.6. The molecule has 166 valence electrons. The first-order chi connectivity index (χ1) is 15.5. The van der Waals surface area contributed by atoms with Gasteiger partial charge in [0.25, 0.3) is 15.9 Å². The van der Waals surface area contributed by atoms with Crippen molar-refractivity contribution in [1.82, 2.24) is 14.7 Å². The summed E-state index contributed by atoms with van der Waals surface area (Å²) < 4.78 is 28.9. The molecule has 0 saturated carbocycles. The lowest BCUT2D eigenvalue weighted by Gasteiger charge is -2.37. The summed E-state index contributed by atoms with van der Waals surface area (Å²) in [5.74, 6) is 0.315. The van der Waals surface area contributed by atoms with Gasteiger partial charge in [0, 0.05) is 43.9 Å². The maximum Gasteiger partial charge on any atom is 0.285 e. The Balaban J connectivity index is 1.29. The van der Waals surface area contributed by atoms with Crippen molar-refractivity contribution in [2.75, 3.05) is 32.7 Å². The Morgan fingerprint density at radius 3 is 2.25 bits per heavy atom. The molecule has 0 N–H and O–H groups in total. The van der Waals surface area contributed by atoms with Gasteiger partial charge in [-0.05, 0) is 37.1 Å². The van der Waals surface area contributed by atoms with Crippen molar-refractivity contribution < 1.29 is 18.0 Å². The molecular formula is C23H24N4O4S. The molecule has 0 aliphatic carbocycles. The number of hydrogen-bond donors (Lipinski definition) is 0. The first-order valence-corrected chi connectivity index (χ1v) is 12.2. The van der Waals surface area contributed by atoms with Gasteiger partial charge >= 0.3 is 0 Å². The summed E-state index contributed by atoms with van der Waals surface area (Å²) in [6, 6.07) is 15.5. The topological polar surface area (TPSA) is 90.4 Å². The maximum absolute atomic E-state index is 13.4. The van der Waals surface area contributed by atoms with E-state index in [9.17, 15) is 18.0 Å². The molecule has 32 heavy (non-hydrogen) atoms. The van der Waals surface area contributed by atoms with Crippen LogP contribution in [0, 0.1) is 0 Å². The minimum absolute atomic E-state index is 0.0256. The number of carbonyl (C=O) groups is 2. The number of hydrogen-bond acceptors (Lipinski definition) is 5. The van der Waals surface area contributed by atoms with Crippen molar-refractivity contribution in [3.05, 3.63) is 65.7 Å². The number of amidine groups is 1. The lowest BCUT2D eigenvalue weighted by molar-refractivity contribution is -0.136. The van der Waals surface area contributed by atoms with Crippen LogP contribution >= 0.6 is 0 Å². The van der Waals surface area contributed by atoms with Crippen LogP contribution in [0.4, 0.5) is 0 Å². The predicted molar refractivity (Wildman–Crippen MR) is 119 cm³/mol. The van der Waals surface area contributed by atoms with E-state index >= 15 is 0 Å². The number of carbonyl (C=O) groups excluding carboxylic acids is 2. The first-order valence-electron chi connectivity index (χ1n) is 10.8. The van der Waals surface area contributed by atoms with Crippen LogP contribution in [0.1, 0.15) is 28.8 Å². The van der Waals surface area contributed by atoms with E-state index in [4.69, 9.17) is 0 Å². The van der Waals surface area contributed by atoms with Gasteiger partial charge in [-0.3, -0.25) is 9.59 Å². The van der Waals surface area contributed by atoms with Crippen LogP contribution in [-0.4, -0.2) is 79.5 Å². The highest BCUT2D eigenvalue weighted by molar-refractivity contribution is 7.90. The maximum atomic E-state index is 13.4. The smallest absolute Gasteiger partial charge is 0.285 e. The molecular weight excluding hydrogens is 428 g/mol. The van der Waals surface area contributed by atoms with Gasteiger partial charge in [0.05, 0.1) is 0 Å². The van der Waals surface area contributed by atoms with Crippen molar-refractivity contribution in [2.45, 2.75) is 23.8 Å². The Morgan fingerprint density at radius 1 is 0.844 bits per heavy atom. The molecule has 9 heteroatoms. The van der Waals surface area contributed by atoms with Crippen molar-refractivity contribution in [1.29, 1.82) is 0 Å². The van der Waals surface area contributed by atoms with E-state index in [0.29, 0.717) is 56.1 Å². The van der Waals surface area contributed by atoms with Crippen molar-refractivity contribution in [2.24, 2.45) is 4.40 Å². The zero-order chi connectivity index (χ0) is 22.3. The molecule has 3 aliphatic rings. The first kappa shape index (κ1) is 20.7. The van der Waals surface area contributed by atoms with Gasteiger partial charge < -0.3 is 14.7 Å². The third-order valence-electron chi connectivity index (χ3n) is 6.32. The van der Waals surface area contributed by atoms with Gasteiger partial charge in [-0.25, -0.2) is 0 Å². The molecule has 0 radical (unpaired) electrons. The quantitative estimate of drug-likeness (QED) is 0.690. The molecule has 0 aromatic heterocycles. The van der Waals surface area contributed by atoms with Crippen LogP contribution < -0.4 is 0 Å². The summed E-state index contributed by atoms with van der Waals surface area (Å²) in [6.07, 6.45) is 1.45. The second kappa shape index (κ2) is 8.05. The second-order valence-electron chi connectivity index (χ2n) is 8.22. The molecule has 2 aromatic rings. The summed E-state index contributed by atoms with van der Waals surface area (Å²) in [6.45, 7) is 2.46. The van der Waals surface area contributed by atoms with Crippen LogP contribution in [0.25, 0.3) is 0 Å². The third-order valence-corrected chi connectivity index (χ3v) is 7.65. The molecule has 0 unspecified atom stereocenters. The standard InChI is InChI=1S/C23H24N4O4S/c28-22(17-7-2-1-3-8-17)25-13-15-26(16-14-25)23(29)19-10-6-12-27(19)21-18-9-4-5-11-20(18)32(30,31)24-21/h1-5,7-9,11,19H,6,10,12-16H2/t19-/m0/s1. The zero-order valence-corrected chi connectivity index (χ0v) is 18.4. The number of likely N-dealkylation sites (tertiary alicyclic amines) is 1. The Bertz CT molecular complexity index is 1190. The van der Waals surface area contributed by atoms with E-state index in [0.717, 1.165) is 6.42 Å². The Kier molecular flexibility index (Phi) is 5.21. The number of sulfonamides is 1. The van der Waals surface area contributed by atoms with Crippen molar-refractivity contribution in [3.8, 4) is 0 Å². The van der Waals surface area contributed by atoms with Crippen LogP contribution in [0.2, 0.25) is 0 Å². The number of benzene rings is 2. The Hall–Kier alpha value is -3.20. The van der Waals surface area contributed by atoms with Crippen molar-refractivity contribution in [3.63, 3.8) is 0 Å². The van der Waals surface area contributed by atoms with Crippen LogP contribution in [0.3, 0.4) is 0 Å². The Morgan fingerprint density at radius 2 is 1.50 bits per heavy atom. The average Bonchev–Trinajstić information content (AvgIpc) is 3.41. The fourth-order valence-corrected chi connectivity index (χ4v) is 5.89. The number of amides is 2.